The second kappa shape index (κ2) is 3.59. The molecule has 72 valence electrons. The molecule has 4 nitrogen and oxygen atoms in total. The molecule has 1 saturated heterocycles. The fraction of sp³-hybridized carbons (Fsp3) is 0.750. The number of nitrogens with two attached hydrogens (primary N) is 1. The molecule has 0 spiro atoms. The molecule has 1 aliphatic rings. The van der Waals surface area contributed by atoms with Crippen LogP contribution in [0.25, 0.3) is 0 Å². The molecule has 0 radical (unpaired) electrons. The van der Waals surface area contributed by atoms with Crippen LogP contribution in [0.2, 0.25) is 0 Å². The van der Waals surface area contributed by atoms with Crippen LogP contribution in [0.3, 0.4) is 0 Å². The van der Waals surface area contributed by atoms with Gasteiger partial charge in [-0.05, 0) is 25.8 Å². The van der Waals surface area contributed by atoms with Crippen LogP contribution >= 0.6 is 11.5 Å². The van der Waals surface area contributed by atoms with E-state index in [2.05, 4.69) is 21.2 Å². The predicted octanol–water partition coefficient (Wildman–Crippen LogP) is 0.712. The zero-order valence-corrected chi connectivity index (χ0v) is 8.50. The van der Waals surface area contributed by atoms with E-state index in [-0.39, 0.29) is 0 Å². The molecule has 0 bridgehead atoms. The van der Waals surface area contributed by atoms with Crippen molar-refractivity contribution in [3.63, 3.8) is 0 Å². The Labute approximate surface area is 81.9 Å². The van der Waals surface area contributed by atoms with Crippen LogP contribution in [0.4, 0.5) is 5.13 Å². The number of nitrogens with zero attached hydrogens (tertiary/aromatic N) is 3. The highest BCUT2D eigenvalue weighted by Gasteiger charge is 2.29. The summed E-state index contributed by atoms with van der Waals surface area (Å²) < 4.78 is 4.01. The molecule has 2 unspecified atom stereocenters. The highest BCUT2D eigenvalue weighted by atomic mass is 32.1. The van der Waals surface area contributed by atoms with E-state index in [1.807, 2.05) is 0 Å². The van der Waals surface area contributed by atoms with Gasteiger partial charge in [-0.25, -0.2) is 4.98 Å². The first-order valence-electron chi connectivity index (χ1n) is 4.54. The third kappa shape index (κ3) is 1.66. The Morgan fingerprint density at radius 3 is 3.15 bits per heavy atom. The van der Waals surface area contributed by atoms with Crippen LogP contribution in [0.1, 0.15) is 13.3 Å². The van der Waals surface area contributed by atoms with Gasteiger partial charge in [0.1, 0.15) is 6.33 Å². The summed E-state index contributed by atoms with van der Waals surface area (Å²) in [7, 11) is 0. The molecule has 0 aliphatic carbocycles. The lowest BCUT2D eigenvalue weighted by Gasteiger charge is -2.19. The fourth-order valence-electron chi connectivity index (χ4n) is 1.87. The number of hydrogen-bond donors (Lipinski definition) is 1. The van der Waals surface area contributed by atoms with Crippen LogP contribution in [0, 0.1) is 5.92 Å². The van der Waals surface area contributed by atoms with Gasteiger partial charge in [0.05, 0.1) is 0 Å². The lowest BCUT2D eigenvalue weighted by Crippen LogP contribution is -2.27. The molecule has 0 aromatic carbocycles. The summed E-state index contributed by atoms with van der Waals surface area (Å²) in [5.74, 6) is 0.624. The zero-order valence-electron chi connectivity index (χ0n) is 7.68. The molecule has 1 aliphatic heterocycles. The van der Waals surface area contributed by atoms with Crippen LogP contribution in [0.5, 0.6) is 0 Å². The molecule has 1 aromatic rings. The van der Waals surface area contributed by atoms with E-state index in [4.69, 9.17) is 5.73 Å². The van der Waals surface area contributed by atoms with E-state index in [0.29, 0.717) is 12.0 Å². The molecule has 2 heterocycles. The van der Waals surface area contributed by atoms with Crippen molar-refractivity contribution in [3.8, 4) is 0 Å². The standard InChI is InChI=1S/C8H14N4S/c1-6-2-7(3-9)4-12(6)8-10-5-11-13-8/h5-7H,2-4,9H2,1H3. The maximum Gasteiger partial charge on any atom is 0.205 e. The Morgan fingerprint density at radius 1 is 1.77 bits per heavy atom. The minimum Gasteiger partial charge on any atom is -0.344 e. The second-order valence-corrected chi connectivity index (χ2v) is 4.32. The van der Waals surface area contributed by atoms with Crippen molar-refractivity contribution in [1.29, 1.82) is 0 Å². The van der Waals surface area contributed by atoms with E-state index in [1.165, 1.54) is 18.0 Å². The van der Waals surface area contributed by atoms with Gasteiger partial charge in [0, 0.05) is 24.1 Å². The van der Waals surface area contributed by atoms with Gasteiger partial charge in [-0.1, -0.05) is 0 Å². The zero-order chi connectivity index (χ0) is 9.26. The molecule has 0 amide bonds. The molecule has 5 heteroatoms. The average Bonchev–Trinajstić information content (AvgIpc) is 2.72. The molecule has 2 atom stereocenters. The second-order valence-electron chi connectivity index (χ2n) is 3.56. The van der Waals surface area contributed by atoms with Gasteiger partial charge in [0.2, 0.25) is 5.13 Å². The van der Waals surface area contributed by atoms with Gasteiger partial charge >= 0.3 is 0 Å². The van der Waals surface area contributed by atoms with Gasteiger partial charge in [-0.3, -0.25) is 0 Å². The Morgan fingerprint density at radius 2 is 2.62 bits per heavy atom. The molecule has 1 fully saturated rings. The minimum atomic E-state index is 0.557. The van der Waals surface area contributed by atoms with Gasteiger partial charge in [-0.15, -0.1) is 0 Å². The highest BCUT2D eigenvalue weighted by molar-refractivity contribution is 7.09. The molecular weight excluding hydrogens is 184 g/mol. The third-order valence-electron chi connectivity index (χ3n) is 2.59. The van der Waals surface area contributed by atoms with Crippen LogP contribution in [0.15, 0.2) is 6.33 Å². The normalized spacial score (nSPS) is 28.3. The maximum absolute atomic E-state index is 5.65. The Kier molecular flexibility index (Phi) is 2.46. The average molecular weight is 198 g/mol. The summed E-state index contributed by atoms with van der Waals surface area (Å²) in [4.78, 5) is 6.51. The third-order valence-corrected chi connectivity index (χ3v) is 3.29. The Hall–Kier alpha value is -0.680. The first-order valence-corrected chi connectivity index (χ1v) is 5.32. The molecule has 0 saturated carbocycles. The van der Waals surface area contributed by atoms with Crippen LogP contribution < -0.4 is 10.6 Å². The lowest BCUT2D eigenvalue weighted by molar-refractivity contribution is 0.579. The van der Waals surface area contributed by atoms with E-state index >= 15 is 0 Å². The van der Waals surface area contributed by atoms with Crippen molar-refractivity contribution in [2.24, 2.45) is 11.7 Å². The highest BCUT2D eigenvalue weighted by Crippen LogP contribution is 2.28. The van der Waals surface area contributed by atoms with Crippen molar-refractivity contribution in [1.82, 2.24) is 9.36 Å². The first kappa shape index (κ1) is 8.90. The summed E-state index contributed by atoms with van der Waals surface area (Å²) in [6, 6.07) is 0.557. The smallest absolute Gasteiger partial charge is 0.205 e. The largest absolute Gasteiger partial charge is 0.344 e. The maximum atomic E-state index is 5.65. The summed E-state index contributed by atoms with van der Waals surface area (Å²) in [6.45, 7) is 4.03. The van der Waals surface area contributed by atoms with Crippen molar-refractivity contribution < 1.29 is 0 Å². The SMILES string of the molecule is CC1CC(CN)CN1c1ncns1. The van der Waals surface area contributed by atoms with Gasteiger partial charge in [0.15, 0.2) is 0 Å². The van der Waals surface area contributed by atoms with E-state index in [1.54, 1.807) is 6.33 Å². The number of hydrogen-bond acceptors (Lipinski definition) is 5. The van der Waals surface area contributed by atoms with Gasteiger partial charge in [0.25, 0.3) is 0 Å². The van der Waals surface area contributed by atoms with Gasteiger partial charge in [-0.2, -0.15) is 4.37 Å². The summed E-state index contributed by atoms with van der Waals surface area (Å²) in [5.41, 5.74) is 5.65. The summed E-state index contributed by atoms with van der Waals surface area (Å²) >= 11 is 1.46. The van der Waals surface area contributed by atoms with Gasteiger partial charge < -0.3 is 10.6 Å². The monoisotopic (exact) mass is 198 g/mol. The van der Waals surface area contributed by atoms with Crippen molar-refractivity contribution in [2.75, 3.05) is 18.0 Å². The van der Waals surface area contributed by atoms with Crippen molar-refractivity contribution in [2.45, 2.75) is 19.4 Å². The Bertz CT molecular complexity index is 261. The molecular formula is C8H14N4S. The van der Waals surface area contributed by atoms with Crippen LogP contribution in [-0.2, 0) is 0 Å². The number of anilines is 1. The van der Waals surface area contributed by atoms with Crippen molar-refractivity contribution in [3.05, 3.63) is 6.33 Å². The predicted molar refractivity (Wildman–Crippen MR) is 53.9 cm³/mol. The first-order chi connectivity index (χ1) is 6.31. The number of rotatable bonds is 2. The Balaban J connectivity index is 2.09. The quantitative estimate of drug-likeness (QED) is 0.760. The van der Waals surface area contributed by atoms with E-state index < -0.39 is 0 Å². The van der Waals surface area contributed by atoms with E-state index in [9.17, 15) is 0 Å². The topological polar surface area (TPSA) is 55.0 Å². The number of aromatic nitrogens is 2. The van der Waals surface area contributed by atoms with Crippen molar-refractivity contribution >= 4 is 16.7 Å². The lowest BCUT2D eigenvalue weighted by atomic mass is 10.1. The molecule has 13 heavy (non-hydrogen) atoms. The van der Waals surface area contributed by atoms with Crippen LogP contribution in [-0.4, -0.2) is 28.5 Å². The van der Waals surface area contributed by atoms with E-state index in [0.717, 1.165) is 18.2 Å². The minimum absolute atomic E-state index is 0.557. The molecule has 2 N–H and O–H groups in total. The fourth-order valence-corrected chi connectivity index (χ4v) is 2.52. The molecule has 2 rings (SSSR count). The summed E-state index contributed by atoms with van der Waals surface area (Å²) in [6.07, 6.45) is 2.79. The summed E-state index contributed by atoms with van der Waals surface area (Å²) in [5, 5.41) is 1.03. The molecule has 1 aromatic heterocycles.